The standard InChI is InChI=1S/C25H23BrIN3O7S/c1-36-22-13-17(11-20(26)24(22)37-15-23(31)32)14-28-29-25(33)21(12-16-5-3-2-4-6-16)30-38(34,35)19-9-7-18(27)8-10-19/h2-11,13-14,21,30H,12,15H2,1H3,(H,29,33)(H,31,32)/b28-14-/t21-/m1/s1. The lowest BCUT2D eigenvalue weighted by Crippen LogP contribution is -2.46. The van der Waals surface area contributed by atoms with Gasteiger partial charge in [0, 0.05) is 3.57 Å². The number of carboxylic acid groups (broad SMARTS) is 1. The number of benzene rings is 3. The molecule has 0 unspecified atom stereocenters. The minimum Gasteiger partial charge on any atom is -0.493 e. The highest BCUT2D eigenvalue weighted by atomic mass is 127. The van der Waals surface area contributed by atoms with Gasteiger partial charge in [-0.2, -0.15) is 9.82 Å². The van der Waals surface area contributed by atoms with Gasteiger partial charge in [0.05, 0.1) is 22.7 Å². The summed E-state index contributed by atoms with van der Waals surface area (Å²) >= 11 is 5.38. The maximum absolute atomic E-state index is 13.0. The maximum Gasteiger partial charge on any atom is 0.341 e. The van der Waals surface area contributed by atoms with Gasteiger partial charge in [0.25, 0.3) is 5.91 Å². The Labute approximate surface area is 241 Å². The van der Waals surface area contributed by atoms with Crippen LogP contribution in [0.15, 0.2) is 81.2 Å². The molecule has 3 aromatic rings. The van der Waals surface area contributed by atoms with E-state index in [1.54, 1.807) is 48.5 Å². The van der Waals surface area contributed by atoms with Crippen LogP contribution in [0.5, 0.6) is 11.5 Å². The van der Waals surface area contributed by atoms with Gasteiger partial charge in [-0.1, -0.05) is 30.3 Å². The highest BCUT2D eigenvalue weighted by Crippen LogP contribution is 2.36. The number of aliphatic carboxylic acids is 1. The van der Waals surface area contributed by atoms with Gasteiger partial charge in [-0.3, -0.25) is 4.79 Å². The summed E-state index contributed by atoms with van der Waals surface area (Å²) < 4.78 is 40.2. The lowest BCUT2D eigenvalue weighted by Gasteiger charge is -2.17. The molecule has 3 aromatic carbocycles. The van der Waals surface area contributed by atoms with Gasteiger partial charge in [0.1, 0.15) is 6.04 Å². The van der Waals surface area contributed by atoms with Gasteiger partial charge < -0.3 is 14.6 Å². The molecule has 0 aromatic heterocycles. The Morgan fingerprint density at radius 3 is 2.45 bits per heavy atom. The fraction of sp³-hybridized carbons (Fsp3) is 0.160. The maximum atomic E-state index is 13.0. The molecule has 1 atom stereocenters. The summed E-state index contributed by atoms with van der Waals surface area (Å²) in [4.78, 5) is 23.9. The van der Waals surface area contributed by atoms with E-state index in [-0.39, 0.29) is 22.8 Å². The van der Waals surface area contributed by atoms with Crippen molar-refractivity contribution in [3.63, 3.8) is 0 Å². The molecule has 3 rings (SSSR count). The molecule has 200 valence electrons. The number of hydrogen-bond donors (Lipinski definition) is 3. The van der Waals surface area contributed by atoms with Crippen LogP contribution in [0.3, 0.4) is 0 Å². The number of carbonyl (C=O) groups excluding carboxylic acids is 1. The molecular formula is C25H23BrIN3O7S. The molecular weight excluding hydrogens is 693 g/mol. The Morgan fingerprint density at radius 2 is 1.82 bits per heavy atom. The number of hydrazone groups is 1. The van der Waals surface area contributed by atoms with Crippen LogP contribution < -0.4 is 19.6 Å². The molecule has 1 amide bonds. The van der Waals surface area contributed by atoms with Crippen molar-refractivity contribution in [2.24, 2.45) is 5.10 Å². The summed E-state index contributed by atoms with van der Waals surface area (Å²) in [6.07, 6.45) is 1.43. The first kappa shape index (κ1) is 29.5. The molecule has 10 nitrogen and oxygen atoms in total. The first-order chi connectivity index (χ1) is 18.1. The number of rotatable bonds is 12. The predicted octanol–water partition coefficient (Wildman–Crippen LogP) is 3.57. The van der Waals surface area contributed by atoms with Crippen LogP contribution in [0.2, 0.25) is 0 Å². The van der Waals surface area contributed by atoms with Crippen LogP contribution in [0, 0.1) is 3.57 Å². The minimum atomic E-state index is -3.99. The van der Waals surface area contributed by atoms with E-state index >= 15 is 0 Å². The quantitative estimate of drug-likeness (QED) is 0.148. The SMILES string of the molecule is COc1cc(/C=N\NC(=O)[C@@H](Cc2ccccc2)NS(=O)(=O)c2ccc(I)cc2)cc(Br)c1OCC(=O)O. The van der Waals surface area contributed by atoms with Crippen LogP contribution in [0.4, 0.5) is 0 Å². The molecule has 3 N–H and O–H groups in total. The average molecular weight is 716 g/mol. The number of halogens is 2. The zero-order valence-corrected chi connectivity index (χ0v) is 24.5. The van der Waals surface area contributed by atoms with E-state index in [1.807, 2.05) is 6.07 Å². The van der Waals surface area contributed by atoms with E-state index in [2.05, 4.69) is 53.8 Å². The van der Waals surface area contributed by atoms with Gasteiger partial charge >= 0.3 is 5.97 Å². The van der Waals surface area contributed by atoms with E-state index in [1.165, 1.54) is 25.5 Å². The first-order valence-corrected chi connectivity index (χ1v) is 14.3. The van der Waals surface area contributed by atoms with Crippen molar-refractivity contribution in [1.29, 1.82) is 0 Å². The number of amides is 1. The Bertz CT molecular complexity index is 1420. The smallest absolute Gasteiger partial charge is 0.341 e. The van der Waals surface area contributed by atoms with E-state index in [0.29, 0.717) is 10.0 Å². The number of ether oxygens (including phenoxy) is 2. The summed E-state index contributed by atoms with van der Waals surface area (Å²) in [5, 5.41) is 12.8. The number of nitrogens with zero attached hydrogens (tertiary/aromatic N) is 1. The molecule has 0 aliphatic rings. The Morgan fingerprint density at radius 1 is 1.13 bits per heavy atom. The van der Waals surface area contributed by atoms with E-state index < -0.39 is 34.5 Å². The van der Waals surface area contributed by atoms with Crippen molar-refractivity contribution in [3.05, 3.63) is 85.9 Å². The van der Waals surface area contributed by atoms with Gasteiger partial charge in [-0.25, -0.2) is 18.6 Å². The van der Waals surface area contributed by atoms with E-state index in [4.69, 9.17) is 14.6 Å². The van der Waals surface area contributed by atoms with Gasteiger partial charge in [0.2, 0.25) is 10.0 Å². The fourth-order valence-electron chi connectivity index (χ4n) is 3.24. The van der Waals surface area contributed by atoms with Crippen LogP contribution in [0.25, 0.3) is 0 Å². The van der Waals surface area contributed by atoms with Crippen LogP contribution in [-0.4, -0.2) is 51.4 Å². The van der Waals surface area contributed by atoms with Crippen molar-refractivity contribution in [1.82, 2.24) is 10.1 Å². The number of hydrogen-bond acceptors (Lipinski definition) is 7. The lowest BCUT2D eigenvalue weighted by molar-refractivity contribution is -0.139. The number of methoxy groups -OCH3 is 1. The third-order valence-electron chi connectivity index (χ3n) is 5.00. The predicted molar refractivity (Wildman–Crippen MR) is 153 cm³/mol. The van der Waals surface area contributed by atoms with Crippen LogP contribution in [0.1, 0.15) is 11.1 Å². The molecule has 0 bridgehead atoms. The third kappa shape index (κ3) is 8.51. The van der Waals surface area contributed by atoms with Gasteiger partial charge in [-0.05, 0) is 92.5 Å². The Kier molecular flexibility index (Phi) is 10.6. The zero-order valence-electron chi connectivity index (χ0n) is 19.9. The number of carbonyl (C=O) groups is 2. The zero-order chi connectivity index (χ0) is 27.7. The molecule has 0 saturated carbocycles. The monoisotopic (exact) mass is 715 g/mol. The molecule has 13 heteroatoms. The van der Waals surface area contributed by atoms with E-state index in [0.717, 1.165) is 9.13 Å². The first-order valence-electron chi connectivity index (χ1n) is 11.0. The van der Waals surface area contributed by atoms with Crippen molar-refractivity contribution >= 4 is 66.6 Å². The number of carboxylic acids is 1. The molecule has 0 heterocycles. The molecule has 0 spiro atoms. The van der Waals surface area contributed by atoms with Crippen LogP contribution in [-0.2, 0) is 26.0 Å². The topological polar surface area (TPSA) is 143 Å². The number of sulfonamides is 1. The van der Waals surface area contributed by atoms with Gasteiger partial charge in [-0.15, -0.1) is 0 Å². The summed E-state index contributed by atoms with van der Waals surface area (Å²) in [5.74, 6) is -1.36. The molecule has 38 heavy (non-hydrogen) atoms. The summed E-state index contributed by atoms with van der Waals surface area (Å²) in [6, 6.07) is 17.2. The molecule has 0 aliphatic carbocycles. The lowest BCUT2D eigenvalue weighted by atomic mass is 10.1. The highest BCUT2D eigenvalue weighted by Gasteiger charge is 2.26. The fourth-order valence-corrected chi connectivity index (χ4v) is 5.37. The third-order valence-corrected chi connectivity index (χ3v) is 7.80. The number of nitrogens with one attached hydrogen (secondary N) is 2. The summed E-state index contributed by atoms with van der Waals surface area (Å²) in [5.41, 5.74) is 3.64. The minimum absolute atomic E-state index is 0.0365. The Hall–Kier alpha value is -3.01. The Balaban J connectivity index is 1.78. The largest absolute Gasteiger partial charge is 0.493 e. The van der Waals surface area contributed by atoms with Crippen molar-refractivity contribution in [3.8, 4) is 11.5 Å². The average Bonchev–Trinajstić information content (AvgIpc) is 2.88. The molecule has 0 radical (unpaired) electrons. The highest BCUT2D eigenvalue weighted by molar-refractivity contribution is 14.1. The van der Waals surface area contributed by atoms with E-state index in [9.17, 15) is 18.0 Å². The summed E-state index contributed by atoms with van der Waals surface area (Å²) in [6.45, 7) is -0.556. The van der Waals surface area contributed by atoms with Crippen LogP contribution >= 0.6 is 38.5 Å². The van der Waals surface area contributed by atoms with Gasteiger partial charge in [0.15, 0.2) is 18.1 Å². The molecule has 0 fully saturated rings. The second kappa shape index (κ2) is 13.7. The summed E-state index contributed by atoms with van der Waals surface area (Å²) in [7, 11) is -2.60. The van der Waals surface area contributed by atoms with Crippen molar-refractivity contribution in [2.45, 2.75) is 17.4 Å². The molecule has 0 saturated heterocycles. The normalized spacial score (nSPS) is 12.2. The molecule has 0 aliphatic heterocycles. The van der Waals surface area contributed by atoms with Crippen molar-refractivity contribution in [2.75, 3.05) is 13.7 Å². The second-order valence-corrected chi connectivity index (χ2v) is 11.6. The second-order valence-electron chi connectivity index (χ2n) is 7.77. The van der Waals surface area contributed by atoms with Crippen molar-refractivity contribution < 1.29 is 32.6 Å².